The topological polar surface area (TPSA) is 92.4 Å². The number of aliphatic hydroxyl groups excluding tert-OH is 1. The maximum absolute atomic E-state index is 13.4. The third-order valence-electron chi connectivity index (χ3n) is 2.20. The van der Waals surface area contributed by atoms with E-state index in [9.17, 15) is 12.8 Å². The minimum absolute atomic E-state index is 0.0204. The molecule has 0 bridgehead atoms. The van der Waals surface area contributed by atoms with E-state index in [0.717, 1.165) is 6.07 Å². The lowest BCUT2D eigenvalue weighted by Gasteiger charge is -2.12. The number of nitrogen functional groups attached to an aromatic ring is 1. The van der Waals surface area contributed by atoms with Gasteiger partial charge in [-0.2, -0.15) is 0 Å². The van der Waals surface area contributed by atoms with Crippen molar-refractivity contribution in [2.24, 2.45) is 5.92 Å². The first-order valence-corrected chi connectivity index (χ1v) is 6.51. The van der Waals surface area contributed by atoms with Crippen LogP contribution in [0.1, 0.15) is 6.92 Å². The Morgan fingerprint density at radius 1 is 1.53 bits per heavy atom. The first-order valence-electron chi connectivity index (χ1n) is 5.03. The molecule has 4 N–H and O–H groups in total. The molecule has 0 radical (unpaired) electrons. The third kappa shape index (κ3) is 3.39. The van der Waals surface area contributed by atoms with Gasteiger partial charge in [-0.15, -0.1) is 0 Å². The van der Waals surface area contributed by atoms with Crippen molar-refractivity contribution < 1.29 is 17.9 Å². The number of benzene rings is 1. The average Bonchev–Trinajstić information content (AvgIpc) is 2.25. The van der Waals surface area contributed by atoms with Gasteiger partial charge in [-0.05, 0) is 18.1 Å². The van der Waals surface area contributed by atoms with E-state index >= 15 is 0 Å². The molecule has 1 unspecified atom stereocenters. The quantitative estimate of drug-likeness (QED) is 0.666. The van der Waals surface area contributed by atoms with Crippen molar-refractivity contribution in [1.82, 2.24) is 4.72 Å². The van der Waals surface area contributed by atoms with Crippen molar-refractivity contribution in [3.63, 3.8) is 0 Å². The van der Waals surface area contributed by atoms with Gasteiger partial charge in [0.15, 0.2) is 0 Å². The Kier molecular flexibility index (Phi) is 4.44. The number of halogens is 1. The smallest absolute Gasteiger partial charge is 0.245 e. The van der Waals surface area contributed by atoms with E-state index in [1.54, 1.807) is 6.92 Å². The van der Waals surface area contributed by atoms with E-state index in [0.29, 0.717) is 0 Å². The molecule has 1 atom stereocenters. The molecule has 0 aliphatic rings. The molecule has 0 saturated heterocycles. The Labute approximate surface area is 99.5 Å². The zero-order chi connectivity index (χ0) is 13.1. The zero-order valence-corrected chi connectivity index (χ0v) is 10.2. The number of aliphatic hydroxyl groups is 1. The van der Waals surface area contributed by atoms with E-state index in [1.807, 2.05) is 0 Å². The van der Waals surface area contributed by atoms with E-state index in [2.05, 4.69) is 4.72 Å². The number of nitrogens with one attached hydrogen (secondary N) is 1. The molecule has 1 aromatic carbocycles. The maximum Gasteiger partial charge on any atom is 0.245 e. The molecule has 0 aromatic heterocycles. The summed E-state index contributed by atoms with van der Waals surface area (Å²) in [4.78, 5) is -0.551. The van der Waals surface area contributed by atoms with Gasteiger partial charge in [0, 0.05) is 13.2 Å². The SMILES string of the molecule is CC(CO)CNS(=O)(=O)c1c(N)cccc1F. The van der Waals surface area contributed by atoms with Crippen molar-refractivity contribution in [3.8, 4) is 0 Å². The van der Waals surface area contributed by atoms with Crippen LogP contribution in [0.5, 0.6) is 0 Å². The van der Waals surface area contributed by atoms with Crippen LogP contribution < -0.4 is 10.5 Å². The molecular formula is C10H15FN2O3S. The molecule has 0 spiro atoms. The van der Waals surface area contributed by atoms with Gasteiger partial charge in [0.1, 0.15) is 10.7 Å². The summed E-state index contributed by atoms with van der Waals surface area (Å²) in [5.41, 5.74) is 5.29. The summed E-state index contributed by atoms with van der Waals surface area (Å²) in [6.07, 6.45) is 0. The molecule has 0 heterocycles. The molecular weight excluding hydrogens is 247 g/mol. The molecule has 1 aromatic rings. The fraction of sp³-hybridized carbons (Fsp3) is 0.400. The van der Waals surface area contributed by atoms with E-state index in [1.165, 1.54) is 12.1 Å². The molecule has 0 aliphatic heterocycles. The summed E-state index contributed by atoms with van der Waals surface area (Å²) in [7, 11) is -3.99. The average molecular weight is 262 g/mol. The first-order chi connectivity index (χ1) is 7.88. The van der Waals surface area contributed by atoms with Crippen molar-refractivity contribution >= 4 is 15.7 Å². The van der Waals surface area contributed by atoms with Gasteiger partial charge in [0.05, 0.1) is 5.69 Å². The van der Waals surface area contributed by atoms with Crippen LogP contribution in [0.15, 0.2) is 23.1 Å². The normalized spacial score (nSPS) is 13.6. The van der Waals surface area contributed by atoms with Gasteiger partial charge >= 0.3 is 0 Å². The summed E-state index contributed by atoms with van der Waals surface area (Å²) >= 11 is 0. The number of rotatable bonds is 5. The van der Waals surface area contributed by atoms with Crippen molar-refractivity contribution in [2.45, 2.75) is 11.8 Å². The second-order valence-electron chi connectivity index (χ2n) is 3.80. The molecule has 0 fully saturated rings. The third-order valence-corrected chi connectivity index (χ3v) is 3.71. The predicted molar refractivity (Wildman–Crippen MR) is 62.3 cm³/mol. The van der Waals surface area contributed by atoms with Crippen LogP contribution in [-0.2, 0) is 10.0 Å². The number of anilines is 1. The Bertz CT molecular complexity index is 470. The van der Waals surface area contributed by atoms with Crippen molar-refractivity contribution in [2.75, 3.05) is 18.9 Å². The molecule has 5 nitrogen and oxygen atoms in total. The molecule has 0 saturated carbocycles. The van der Waals surface area contributed by atoms with Crippen LogP contribution in [0, 0.1) is 11.7 Å². The minimum atomic E-state index is -3.99. The largest absolute Gasteiger partial charge is 0.398 e. The summed E-state index contributed by atoms with van der Waals surface area (Å²) < 4.78 is 39.2. The van der Waals surface area contributed by atoms with Gasteiger partial charge in [0.25, 0.3) is 0 Å². The predicted octanol–water partition coefficient (Wildman–Crippen LogP) is 0.315. The second-order valence-corrected chi connectivity index (χ2v) is 5.50. The van der Waals surface area contributed by atoms with Crippen molar-refractivity contribution in [3.05, 3.63) is 24.0 Å². The monoisotopic (exact) mass is 262 g/mol. The van der Waals surface area contributed by atoms with Crippen LogP contribution in [0.3, 0.4) is 0 Å². The number of hydrogen-bond acceptors (Lipinski definition) is 4. The van der Waals surface area contributed by atoms with E-state index in [4.69, 9.17) is 10.8 Å². The zero-order valence-electron chi connectivity index (χ0n) is 9.35. The number of hydrogen-bond donors (Lipinski definition) is 3. The number of sulfonamides is 1. The molecule has 0 aliphatic carbocycles. The summed E-state index contributed by atoms with van der Waals surface area (Å²) in [6, 6.07) is 3.67. The van der Waals surface area contributed by atoms with Gasteiger partial charge in [0.2, 0.25) is 10.0 Å². The van der Waals surface area contributed by atoms with Gasteiger partial charge in [-0.1, -0.05) is 13.0 Å². The lowest BCUT2D eigenvalue weighted by atomic mass is 10.2. The van der Waals surface area contributed by atoms with Crippen molar-refractivity contribution in [1.29, 1.82) is 0 Å². The molecule has 17 heavy (non-hydrogen) atoms. The Morgan fingerprint density at radius 3 is 2.71 bits per heavy atom. The molecule has 0 amide bonds. The van der Waals surface area contributed by atoms with Crippen LogP contribution in [0.4, 0.5) is 10.1 Å². The molecule has 1 rings (SSSR count). The highest BCUT2D eigenvalue weighted by Gasteiger charge is 2.22. The Morgan fingerprint density at radius 2 is 2.18 bits per heavy atom. The highest BCUT2D eigenvalue weighted by atomic mass is 32.2. The number of nitrogens with two attached hydrogens (primary N) is 1. The van der Waals surface area contributed by atoms with Gasteiger partial charge in [-0.25, -0.2) is 17.5 Å². The fourth-order valence-corrected chi connectivity index (χ4v) is 2.55. The molecule has 96 valence electrons. The van der Waals surface area contributed by atoms with Crippen LogP contribution in [0.25, 0.3) is 0 Å². The van der Waals surface area contributed by atoms with Crippen LogP contribution in [0.2, 0.25) is 0 Å². The van der Waals surface area contributed by atoms with Crippen LogP contribution in [-0.4, -0.2) is 26.7 Å². The highest BCUT2D eigenvalue weighted by Crippen LogP contribution is 2.21. The lowest BCUT2D eigenvalue weighted by molar-refractivity contribution is 0.238. The van der Waals surface area contributed by atoms with Gasteiger partial charge in [-0.3, -0.25) is 0 Å². The lowest BCUT2D eigenvalue weighted by Crippen LogP contribution is -2.30. The van der Waals surface area contributed by atoms with E-state index < -0.39 is 20.7 Å². The summed E-state index contributed by atoms with van der Waals surface area (Å²) in [5, 5.41) is 8.78. The van der Waals surface area contributed by atoms with E-state index in [-0.39, 0.29) is 24.8 Å². The minimum Gasteiger partial charge on any atom is -0.398 e. The summed E-state index contributed by atoms with van der Waals surface area (Å²) in [5.74, 6) is -1.15. The maximum atomic E-state index is 13.4. The molecule has 7 heteroatoms. The Balaban J connectivity index is 2.98. The Hall–Kier alpha value is -1.18. The standard InChI is InChI=1S/C10H15FN2O3S/c1-7(6-14)5-13-17(15,16)10-8(11)3-2-4-9(10)12/h2-4,7,13-14H,5-6,12H2,1H3. The fourth-order valence-electron chi connectivity index (χ4n) is 1.20. The summed E-state index contributed by atoms with van der Waals surface area (Å²) in [6.45, 7) is 1.52. The van der Waals surface area contributed by atoms with Crippen LogP contribution >= 0.6 is 0 Å². The second kappa shape index (κ2) is 5.44. The first kappa shape index (κ1) is 13.9. The highest BCUT2D eigenvalue weighted by molar-refractivity contribution is 7.89. The van der Waals surface area contributed by atoms with Gasteiger partial charge < -0.3 is 10.8 Å².